The zero-order valence-corrected chi connectivity index (χ0v) is 14.4. The molecule has 1 aromatic carbocycles. The largest absolute Gasteiger partial charge is 0.363 e. The number of benzene rings is 1. The number of anilines is 1. The highest BCUT2D eigenvalue weighted by Crippen LogP contribution is 2.10. The van der Waals surface area contributed by atoms with Gasteiger partial charge in [-0.05, 0) is 29.8 Å². The van der Waals surface area contributed by atoms with Crippen molar-refractivity contribution in [1.29, 1.82) is 0 Å². The van der Waals surface area contributed by atoms with Crippen LogP contribution in [0.25, 0.3) is 0 Å². The lowest BCUT2D eigenvalue weighted by Crippen LogP contribution is -2.36. The fourth-order valence-corrected chi connectivity index (χ4v) is 2.25. The zero-order valence-electron chi connectivity index (χ0n) is 13.7. The fraction of sp³-hybridized carbons (Fsp3) is 0.294. The molecule has 1 heterocycles. The first-order valence-electron chi connectivity index (χ1n) is 7.40. The Morgan fingerprint density at radius 2 is 1.87 bits per heavy atom. The summed E-state index contributed by atoms with van der Waals surface area (Å²) in [4.78, 5) is 10.8. The highest BCUT2D eigenvalue weighted by atomic mass is 35.5. The lowest BCUT2D eigenvalue weighted by molar-refractivity contribution is 0.793. The molecule has 122 valence electrons. The highest BCUT2D eigenvalue weighted by Gasteiger charge is 2.02. The molecule has 5 nitrogen and oxygen atoms in total. The van der Waals surface area contributed by atoms with Gasteiger partial charge < -0.3 is 15.5 Å². The summed E-state index contributed by atoms with van der Waals surface area (Å²) in [6.07, 6.45) is 0. The van der Waals surface area contributed by atoms with Crippen LogP contribution in [-0.4, -0.2) is 32.1 Å². The molecule has 0 aliphatic heterocycles. The van der Waals surface area contributed by atoms with Gasteiger partial charge in [0.2, 0.25) is 0 Å². The van der Waals surface area contributed by atoms with E-state index in [1.54, 1.807) is 7.05 Å². The molecule has 2 N–H and O–H groups in total. The van der Waals surface area contributed by atoms with Gasteiger partial charge in [0.05, 0.1) is 12.2 Å². The zero-order chi connectivity index (χ0) is 16.7. The quantitative estimate of drug-likeness (QED) is 0.653. The number of hydrogen-bond donors (Lipinski definition) is 2. The van der Waals surface area contributed by atoms with Crippen LogP contribution in [0.3, 0.4) is 0 Å². The number of nitrogens with one attached hydrogen (secondary N) is 2. The summed E-state index contributed by atoms with van der Waals surface area (Å²) in [5, 5.41) is 7.26. The standard InChI is InChI=1S/C17H22ClN5/c1-19-17(20-11-13-6-4-7-14(18)10-13)21-12-15-8-5-9-16(22-15)23(2)3/h4-10H,11-12H2,1-3H3,(H2,19,20,21). The molecule has 0 aliphatic carbocycles. The van der Waals surface area contributed by atoms with Crippen molar-refractivity contribution in [1.82, 2.24) is 15.6 Å². The molecule has 0 unspecified atom stereocenters. The van der Waals surface area contributed by atoms with E-state index >= 15 is 0 Å². The third-order valence-electron chi connectivity index (χ3n) is 3.26. The summed E-state index contributed by atoms with van der Waals surface area (Å²) in [6, 6.07) is 13.7. The normalized spacial score (nSPS) is 11.2. The Morgan fingerprint density at radius 3 is 2.57 bits per heavy atom. The van der Waals surface area contributed by atoms with Crippen LogP contribution >= 0.6 is 11.6 Å². The second-order valence-electron chi connectivity index (χ2n) is 5.29. The predicted molar refractivity (Wildman–Crippen MR) is 97.1 cm³/mol. The molecule has 0 bridgehead atoms. The van der Waals surface area contributed by atoms with Crippen molar-refractivity contribution in [3.8, 4) is 0 Å². The van der Waals surface area contributed by atoms with E-state index in [0.29, 0.717) is 13.1 Å². The van der Waals surface area contributed by atoms with Crippen LogP contribution in [-0.2, 0) is 13.1 Å². The van der Waals surface area contributed by atoms with E-state index in [2.05, 4.69) is 20.6 Å². The highest BCUT2D eigenvalue weighted by molar-refractivity contribution is 6.30. The van der Waals surface area contributed by atoms with E-state index in [-0.39, 0.29) is 0 Å². The molecular formula is C17H22ClN5. The van der Waals surface area contributed by atoms with Gasteiger partial charge in [-0.25, -0.2) is 4.98 Å². The Hall–Kier alpha value is -2.27. The van der Waals surface area contributed by atoms with Gasteiger partial charge in [0, 0.05) is 32.7 Å². The number of aromatic nitrogens is 1. The second kappa shape index (κ2) is 8.39. The molecule has 0 amide bonds. The Kier molecular flexibility index (Phi) is 6.23. The minimum Gasteiger partial charge on any atom is -0.363 e. The average molecular weight is 332 g/mol. The van der Waals surface area contributed by atoms with E-state index in [1.165, 1.54) is 0 Å². The molecule has 0 spiro atoms. The molecule has 0 saturated carbocycles. The topological polar surface area (TPSA) is 52.6 Å². The van der Waals surface area contributed by atoms with Gasteiger partial charge in [-0.2, -0.15) is 0 Å². The number of nitrogens with zero attached hydrogens (tertiary/aromatic N) is 3. The molecular weight excluding hydrogens is 310 g/mol. The number of pyridine rings is 1. The Labute approximate surface area is 142 Å². The second-order valence-corrected chi connectivity index (χ2v) is 5.73. The van der Waals surface area contributed by atoms with Gasteiger partial charge in [0.15, 0.2) is 5.96 Å². The van der Waals surface area contributed by atoms with E-state index in [0.717, 1.165) is 28.1 Å². The van der Waals surface area contributed by atoms with Gasteiger partial charge in [-0.3, -0.25) is 4.99 Å². The molecule has 6 heteroatoms. The number of halogens is 1. The van der Waals surface area contributed by atoms with E-state index < -0.39 is 0 Å². The Morgan fingerprint density at radius 1 is 1.13 bits per heavy atom. The van der Waals surface area contributed by atoms with Crippen LogP contribution in [0.15, 0.2) is 47.5 Å². The maximum atomic E-state index is 5.99. The first kappa shape index (κ1) is 17.1. The van der Waals surface area contributed by atoms with Gasteiger partial charge in [-0.1, -0.05) is 29.8 Å². The fourth-order valence-electron chi connectivity index (χ4n) is 2.04. The molecule has 0 aliphatic rings. The average Bonchev–Trinajstić information content (AvgIpc) is 2.55. The number of hydrogen-bond acceptors (Lipinski definition) is 3. The molecule has 2 aromatic rings. The van der Waals surface area contributed by atoms with Crippen molar-refractivity contribution >= 4 is 23.4 Å². The first-order valence-corrected chi connectivity index (χ1v) is 7.78. The van der Waals surface area contributed by atoms with E-state index in [1.807, 2.05) is 61.5 Å². The van der Waals surface area contributed by atoms with Crippen LogP contribution in [0.2, 0.25) is 5.02 Å². The first-order chi connectivity index (χ1) is 11.1. The summed E-state index contributed by atoms with van der Waals surface area (Å²) in [7, 11) is 5.70. The van der Waals surface area contributed by atoms with E-state index in [9.17, 15) is 0 Å². The van der Waals surface area contributed by atoms with Crippen molar-refractivity contribution in [2.75, 3.05) is 26.0 Å². The predicted octanol–water partition coefficient (Wildman–Crippen LogP) is 2.67. The maximum Gasteiger partial charge on any atom is 0.191 e. The molecule has 0 fully saturated rings. The van der Waals surface area contributed by atoms with Gasteiger partial charge >= 0.3 is 0 Å². The van der Waals surface area contributed by atoms with Gasteiger partial charge in [0.25, 0.3) is 0 Å². The van der Waals surface area contributed by atoms with Crippen LogP contribution < -0.4 is 15.5 Å². The summed E-state index contributed by atoms with van der Waals surface area (Å²) >= 11 is 5.99. The number of guanidine groups is 1. The van der Waals surface area contributed by atoms with Crippen LogP contribution in [0.1, 0.15) is 11.3 Å². The van der Waals surface area contributed by atoms with Crippen molar-refractivity contribution in [3.63, 3.8) is 0 Å². The Balaban J connectivity index is 1.89. The monoisotopic (exact) mass is 331 g/mol. The molecule has 1 aromatic heterocycles. The lowest BCUT2D eigenvalue weighted by atomic mass is 10.2. The third kappa shape index (κ3) is 5.45. The van der Waals surface area contributed by atoms with Crippen molar-refractivity contribution < 1.29 is 0 Å². The smallest absolute Gasteiger partial charge is 0.191 e. The minimum absolute atomic E-state index is 0.608. The number of aliphatic imine (C=N–C) groups is 1. The SMILES string of the molecule is CN=C(NCc1cccc(Cl)c1)NCc1cccc(N(C)C)n1. The molecule has 23 heavy (non-hydrogen) atoms. The minimum atomic E-state index is 0.608. The molecule has 0 atom stereocenters. The maximum absolute atomic E-state index is 5.99. The molecule has 2 rings (SSSR count). The van der Waals surface area contributed by atoms with Gasteiger partial charge in [0.1, 0.15) is 5.82 Å². The van der Waals surface area contributed by atoms with Crippen LogP contribution in [0.5, 0.6) is 0 Å². The summed E-state index contributed by atoms with van der Waals surface area (Å²) in [5.74, 6) is 1.66. The van der Waals surface area contributed by atoms with Crippen molar-refractivity contribution in [2.24, 2.45) is 4.99 Å². The number of rotatable bonds is 5. The molecule has 0 radical (unpaired) electrons. The van der Waals surface area contributed by atoms with Crippen LogP contribution in [0.4, 0.5) is 5.82 Å². The molecule has 0 saturated heterocycles. The third-order valence-corrected chi connectivity index (χ3v) is 3.49. The van der Waals surface area contributed by atoms with Crippen molar-refractivity contribution in [2.45, 2.75) is 13.1 Å². The summed E-state index contributed by atoms with van der Waals surface area (Å²) in [5.41, 5.74) is 2.06. The summed E-state index contributed by atoms with van der Waals surface area (Å²) in [6.45, 7) is 1.27. The van der Waals surface area contributed by atoms with Crippen LogP contribution in [0, 0.1) is 0 Å². The van der Waals surface area contributed by atoms with Crippen molar-refractivity contribution in [3.05, 3.63) is 58.7 Å². The summed E-state index contributed by atoms with van der Waals surface area (Å²) < 4.78 is 0. The van der Waals surface area contributed by atoms with E-state index in [4.69, 9.17) is 11.6 Å². The Bertz CT molecular complexity index is 670. The lowest BCUT2D eigenvalue weighted by Gasteiger charge is -2.14. The van der Waals surface area contributed by atoms with Gasteiger partial charge in [-0.15, -0.1) is 0 Å².